The minimum absolute atomic E-state index is 0.846. The predicted octanol–water partition coefficient (Wildman–Crippen LogP) is 1.66. The Hall–Kier alpha value is 0.390. The van der Waals surface area contributed by atoms with E-state index in [1.165, 1.54) is 0 Å². The van der Waals surface area contributed by atoms with Crippen LogP contribution >= 0.6 is 28.6 Å². The third kappa shape index (κ3) is 4.39. The van der Waals surface area contributed by atoms with Gasteiger partial charge in [-0.3, -0.25) is 0 Å². The molecule has 0 aromatic rings. The van der Waals surface area contributed by atoms with Gasteiger partial charge < -0.3 is 0 Å². The first-order valence-electron chi connectivity index (χ1n) is 1.61. The summed E-state index contributed by atoms with van der Waals surface area (Å²) in [5.41, 5.74) is 0. The molecule has 0 unspecified atom stereocenters. The lowest BCUT2D eigenvalue weighted by atomic mass is 10.5. The van der Waals surface area contributed by atoms with E-state index in [1.807, 2.05) is 0 Å². The Morgan fingerprint density at radius 1 is 1.67 bits per heavy atom. The number of hydrogen-bond acceptors (Lipinski definition) is 1. The minimum Gasteiger partial charge on any atom is -0.178 e. The van der Waals surface area contributed by atoms with E-state index in [0.717, 1.165) is 12.2 Å². The van der Waals surface area contributed by atoms with Crippen LogP contribution in [0.15, 0.2) is 0 Å². The zero-order valence-corrected chi connectivity index (χ0v) is 5.72. The molecule has 0 aliphatic heterocycles. The van der Waals surface area contributed by atoms with Crippen molar-refractivity contribution < 1.29 is 0 Å². The van der Waals surface area contributed by atoms with Crippen molar-refractivity contribution in [2.75, 3.05) is 5.75 Å². The van der Waals surface area contributed by atoms with Crippen molar-refractivity contribution in [3.05, 3.63) is 0 Å². The molecule has 0 aromatic heterocycles. The number of hydrogen-bond donors (Lipinski definition) is 1. The van der Waals surface area contributed by atoms with Crippen LogP contribution < -0.4 is 0 Å². The van der Waals surface area contributed by atoms with E-state index in [-0.39, 0.29) is 0 Å². The van der Waals surface area contributed by atoms with Crippen molar-refractivity contribution in [1.29, 1.82) is 0 Å². The van der Waals surface area contributed by atoms with Gasteiger partial charge in [0.05, 0.1) is 0 Å². The van der Waals surface area contributed by atoms with E-state index < -0.39 is 0 Å². The smallest absolute Gasteiger partial charge is 0.0186 e. The van der Waals surface area contributed by atoms with Crippen LogP contribution in [0.5, 0.6) is 0 Å². The lowest BCUT2D eigenvalue weighted by Crippen LogP contribution is -1.62. The highest BCUT2D eigenvalue weighted by molar-refractivity contribution is 9.12. The lowest BCUT2D eigenvalue weighted by Gasteiger charge is -1.70. The molecule has 0 fully saturated rings. The molecule has 0 nitrogen and oxygen atoms in total. The van der Waals surface area contributed by atoms with Crippen molar-refractivity contribution >= 4 is 28.6 Å². The maximum atomic E-state index is 3.93. The molecule has 0 radical (unpaired) electrons. The van der Waals surface area contributed by atoms with Crippen LogP contribution in [-0.2, 0) is 0 Å². The molecule has 0 aliphatic carbocycles. The maximum absolute atomic E-state index is 3.93. The van der Waals surface area contributed by atoms with E-state index >= 15 is 0 Å². The second-order valence-electron chi connectivity index (χ2n) is 0.745. The second-order valence-corrected chi connectivity index (χ2v) is 1.59. The first-order chi connectivity index (χ1) is 2.91. The molecule has 34 valence electrons. The number of halogens is 1. The van der Waals surface area contributed by atoms with Crippen molar-refractivity contribution in [3.63, 3.8) is 0 Å². The first kappa shape index (κ1) is 6.39. The third-order valence-electron chi connectivity index (χ3n) is 0.304. The summed E-state index contributed by atoms with van der Waals surface area (Å²) in [6.07, 6.45) is 0.869. The molecule has 6 heavy (non-hydrogen) atoms. The molecule has 0 N–H and O–H groups in total. The van der Waals surface area contributed by atoms with Crippen LogP contribution in [0.25, 0.3) is 0 Å². The normalized spacial score (nSPS) is 6.33. The van der Waals surface area contributed by atoms with Gasteiger partial charge in [-0.05, 0) is 4.83 Å². The highest BCUT2D eigenvalue weighted by Gasteiger charge is 1.64. The van der Waals surface area contributed by atoms with Gasteiger partial charge in [-0.25, -0.2) is 0 Å². The Kier molecular flexibility index (Phi) is 5.74. The van der Waals surface area contributed by atoms with Gasteiger partial charge in [0, 0.05) is 28.1 Å². The summed E-state index contributed by atoms with van der Waals surface area (Å²) in [5.74, 6) is 3.63. The number of rotatable bonds is 1. The summed E-state index contributed by atoms with van der Waals surface area (Å²) in [4.78, 5) is 2.58. The molecule has 0 saturated carbocycles. The molecule has 0 spiro atoms. The van der Waals surface area contributed by atoms with Gasteiger partial charge in [0.2, 0.25) is 0 Å². The van der Waals surface area contributed by atoms with E-state index in [9.17, 15) is 0 Å². The average molecular weight is 165 g/mol. The fourth-order valence-electron chi connectivity index (χ4n) is 0.103. The molecule has 0 rings (SSSR count). The lowest BCUT2D eigenvalue weighted by molar-refractivity contribution is 1.31. The monoisotopic (exact) mass is 164 g/mol. The summed E-state index contributed by atoms with van der Waals surface area (Å²) >= 11 is 6.89. The largest absolute Gasteiger partial charge is 0.178 e. The van der Waals surface area contributed by atoms with Crippen LogP contribution in [0.4, 0.5) is 0 Å². The van der Waals surface area contributed by atoms with Crippen LogP contribution in [0, 0.1) is 10.8 Å². The summed E-state index contributed by atoms with van der Waals surface area (Å²) < 4.78 is 0. The summed E-state index contributed by atoms with van der Waals surface area (Å²) in [6.45, 7) is 0. The molecule has 0 aliphatic rings. The van der Waals surface area contributed by atoms with Gasteiger partial charge in [-0.2, -0.15) is 12.6 Å². The van der Waals surface area contributed by atoms with E-state index in [0.29, 0.717) is 0 Å². The summed E-state index contributed by atoms with van der Waals surface area (Å²) in [6, 6.07) is 0. The van der Waals surface area contributed by atoms with E-state index in [4.69, 9.17) is 0 Å². The Balaban J connectivity index is 2.79. The standard InChI is InChI=1S/C4H5BrS/c5-3-1-2-4-6/h6H,2,4H2. The number of thiol groups is 1. The Morgan fingerprint density at radius 2 is 2.33 bits per heavy atom. The van der Waals surface area contributed by atoms with E-state index in [1.54, 1.807) is 0 Å². The van der Waals surface area contributed by atoms with Crippen molar-refractivity contribution in [2.45, 2.75) is 6.42 Å². The van der Waals surface area contributed by atoms with Gasteiger partial charge in [0.25, 0.3) is 0 Å². The molecule has 0 atom stereocenters. The van der Waals surface area contributed by atoms with Gasteiger partial charge in [0.15, 0.2) is 0 Å². The predicted molar refractivity (Wildman–Crippen MR) is 35.2 cm³/mol. The highest BCUT2D eigenvalue weighted by atomic mass is 79.9. The Bertz CT molecular complexity index is 69.4. The SMILES string of the molecule is SCCC#CBr. The Labute approximate surface area is 51.9 Å². The van der Waals surface area contributed by atoms with Gasteiger partial charge in [-0.1, -0.05) is 5.92 Å². The zero-order chi connectivity index (χ0) is 4.83. The van der Waals surface area contributed by atoms with Crippen LogP contribution in [0.2, 0.25) is 0 Å². The average Bonchev–Trinajstić information content (AvgIpc) is 1.61. The minimum atomic E-state index is 0.846. The van der Waals surface area contributed by atoms with Crippen LogP contribution in [-0.4, -0.2) is 5.75 Å². The first-order valence-corrected chi connectivity index (χ1v) is 3.03. The molecule has 0 aromatic carbocycles. The fraction of sp³-hybridized carbons (Fsp3) is 0.500. The zero-order valence-electron chi connectivity index (χ0n) is 3.24. The topological polar surface area (TPSA) is 0 Å². The van der Waals surface area contributed by atoms with Gasteiger partial charge in [-0.15, -0.1) is 0 Å². The molecular weight excluding hydrogens is 160 g/mol. The molecule has 0 amide bonds. The third-order valence-corrected chi connectivity index (χ3v) is 0.808. The highest BCUT2D eigenvalue weighted by Crippen LogP contribution is 1.79. The van der Waals surface area contributed by atoms with Crippen molar-refractivity contribution in [3.8, 4) is 10.8 Å². The summed E-state index contributed by atoms with van der Waals surface area (Å²) in [7, 11) is 0. The van der Waals surface area contributed by atoms with Gasteiger partial charge in [0.1, 0.15) is 0 Å². The van der Waals surface area contributed by atoms with E-state index in [2.05, 4.69) is 39.3 Å². The molecule has 0 heterocycles. The van der Waals surface area contributed by atoms with Crippen molar-refractivity contribution in [2.24, 2.45) is 0 Å². The quantitative estimate of drug-likeness (QED) is 0.443. The Morgan fingerprint density at radius 3 is 2.50 bits per heavy atom. The summed E-state index contributed by atoms with van der Waals surface area (Å²) in [5, 5.41) is 0. The van der Waals surface area contributed by atoms with Crippen LogP contribution in [0.1, 0.15) is 6.42 Å². The maximum Gasteiger partial charge on any atom is 0.0186 e. The second kappa shape index (κ2) is 5.39. The molecule has 2 heteroatoms. The molecular formula is C4H5BrS. The molecule has 0 bridgehead atoms. The van der Waals surface area contributed by atoms with Crippen LogP contribution in [0.3, 0.4) is 0 Å². The molecule has 0 saturated heterocycles. The van der Waals surface area contributed by atoms with Gasteiger partial charge >= 0.3 is 0 Å². The van der Waals surface area contributed by atoms with Crippen molar-refractivity contribution in [1.82, 2.24) is 0 Å². The fourth-order valence-corrected chi connectivity index (χ4v) is 0.413.